The number of ether oxygens (including phenoxy) is 2. The van der Waals surface area contributed by atoms with Gasteiger partial charge in [-0.25, -0.2) is 4.57 Å². The first-order chi connectivity index (χ1) is 19.3. The summed E-state index contributed by atoms with van der Waals surface area (Å²) in [6, 6.07) is 0. The standard InChI is InChI=1S/C32H62NO6P/c1-4-5-6-7-8-9-10-11-12-13-14-15-16-20-26-36-28-32(39-31-23-18-17-19-24-31)29-38-40(34,35)37-27-30-22-21-25-33(30,2)3/h27,31-32H,4-26,28-29H2,1-3H3/p+1. The molecule has 2 atom stereocenters. The molecule has 2 aliphatic rings. The molecule has 2 fully saturated rings. The maximum absolute atomic E-state index is 12.6. The van der Waals surface area contributed by atoms with Gasteiger partial charge in [-0.1, -0.05) is 110 Å². The van der Waals surface area contributed by atoms with Crippen molar-refractivity contribution in [1.29, 1.82) is 0 Å². The van der Waals surface area contributed by atoms with Crippen LogP contribution in [0.5, 0.6) is 0 Å². The molecule has 0 radical (unpaired) electrons. The lowest BCUT2D eigenvalue weighted by Crippen LogP contribution is -2.34. The Bertz CT molecular complexity index is 710. The topological polar surface area (TPSA) is 74.2 Å². The van der Waals surface area contributed by atoms with E-state index in [1.165, 1.54) is 109 Å². The lowest BCUT2D eigenvalue weighted by atomic mass is 9.98. The van der Waals surface area contributed by atoms with E-state index in [0.717, 1.165) is 44.3 Å². The van der Waals surface area contributed by atoms with Gasteiger partial charge in [0, 0.05) is 19.4 Å². The zero-order valence-corrected chi connectivity index (χ0v) is 27.2. The number of allylic oxidation sites excluding steroid dienone is 1. The van der Waals surface area contributed by atoms with E-state index in [9.17, 15) is 9.46 Å². The number of hydrogen-bond donors (Lipinski definition) is 1. The molecular formula is C32H63NO6P+. The van der Waals surface area contributed by atoms with Gasteiger partial charge in [0.15, 0.2) is 6.26 Å². The van der Waals surface area contributed by atoms with Gasteiger partial charge >= 0.3 is 7.82 Å². The molecule has 236 valence electrons. The Hall–Kier alpha value is -0.430. The lowest BCUT2D eigenvalue weighted by molar-refractivity contribution is -0.843. The van der Waals surface area contributed by atoms with Crippen LogP contribution in [0, 0.1) is 0 Å². The van der Waals surface area contributed by atoms with Gasteiger partial charge in [0.25, 0.3) is 0 Å². The summed E-state index contributed by atoms with van der Waals surface area (Å²) >= 11 is 0. The van der Waals surface area contributed by atoms with Gasteiger partial charge in [-0.05, 0) is 19.3 Å². The Labute approximate surface area is 246 Å². The van der Waals surface area contributed by atoms with Gasteiger partial charge in [0.2, 0.25) is 0 Å². The third-order valence-corrected chi connectivity index (χ3v) is 9.40. The second kappa shape index (κ2) is 21.3. The van der Waals surface area contributed by atoms with E-state index in [0.29, 0.717) is 17.7 Å². The molecule has 1 saturated heterocycles. The van der Waals surface area contributed by atoms with Crippen LogP contribution < -0.4 is 0 Å². The van der Waals surface area contributed by atoms with Crippen LogP contribution in [0.3, 0.4) is 0 Å². The monoisotopic (exact) mass is 588 g/mol. The van der Waals surface area contributed by atoms with E-state index in [4.69, 9.17) is 18.5 Å². The molecule has 1 heterocycles. The molecule has 7 nitrogen and oxygen atoms in total. The van der Waals surface area contributed by atoms with E-state index >= 15 is 0 Å². The number of phosphoric acid groups is 1. The zero-order valence-electron chi connectivity index (χ0n) is 26.3. The quantitative estimate of drug-likeness (QED) is 0.0525. The van der Waals surface area contributed by atoms with Gasteiger partial charge in [-0.2, -0.15) is 0 Å². The number of quaternary nitrogens is 1. The summed E-state index contributed by atoms with van der Waals surface area (Å²) in [5.41, 5.74) is 1.00. The summed E-state index contributed by atoms with van der Waals surface area (Å²) in [6.45, 7) is 4.33. The number of phosphoric ester groups is 1. The van der Waals surface area contributed by atoms with Crippen LogP contribution >= 0.6 is 7.82 Å². The van der Waals surface area contributed by atoms with Gasteiger partial charge < -0.3 is 14.0 Å². The smallest absolute Gasteiger partial charge is 0.406 e. The number of hydrogen-bond acceptors (Lipinski definition) is 5. The predicted molar refractivity (Wildman–Crippen MR) is 164 cm³/mol. The first-order valence-corrected chi connectivity index (χ1v) is 18.2. The van der Waals surface area contributed by atoms with Crippen molar-refractivity contribution >= 4 is 7.82 Å². The number of rotatable bonds is 24. The highest BCUT2D eigenvalue weighted by Crippen LogP contribution is 2.45. The minimum absolute atomic E-state index is 0.00948. The van der Waals surface area contributed by atoms with Crippen molar-refractivity contribution in [2.75, 3.05) is 40.5 Å². The van der Waals surface area contributed by atoms with Gasteiger partial charge in [-0.15, -0.1) is 0 Å². The van der Waals surface area contributed by atoms with E-state index in [2.05, 4.69) is 21.0 Å². The Kier molecular flexibility index (Phi) is 19.0. The molecule has 0 aromatic carbocycles. The average Bonchev–Trinajstić information content (AvgIpc) is 3.28. The van der Waals surface area contributed by atoms with Crippen LogP contribution in [0.2, 0.25) is 0 Å². The minimum Gasteiger partial charge on any atom is -0.406 e. The highest BCUT2D eigenvalue weighted by atomic mass is 31.2. The summed E-state index contributed by atoms with van der Waals surface area (Å²) in [5.74, 6) is 0. The molecule has 1 aliphatic heterocycles. The molecule has 2 rings (SSSR count). The molecule has 1 N–H and O–H groups in total. The normalized spacial score (nSPS) is 21.1. The van der Waals surface area contributed by atoms with Crippen LogP contribution in [0.1, 0.15) is 142 Å². The molecule has 0 aromatic heterocycles. The SMILES string of the molecule is CCCCCCCCCCCCCCCCOCC(COP(=O)(O)OC=C1CCC[N+]1(C)C)OC1CCCCC1. The average molecular weight is 589 g/mol. The summed E-state index contributed by atoms with van der Waals surface area (Å²) in [6.07, 6.45) is 27.5. The molecule has 0 amide bonds. The molecule has 0 bridgehead atoms. The van der Waals surface area contributed by atoms with Crippen LogP contribution in [-0.4, -0.2) is 62.0 Å². The van der Waals surface area contributed by atoms with Gasteiger partial charge in [0.1, 0.15) is 11.8 Å². The van der Waals surface area contributed by atoms with Crippen molar-refractivity contribution in [1.82, 2.24) is 0 Å². The van der Waals surface area contributed by atoms with Crippen LogP contribution in [0.4, 0.5) is 0 Å². The van der Waals surface area contributed by atoms with Crippen molar-refractivity contribution in [2.45, 2.75) is 154 Å². The molecular weight excluding hydrogens is 525 g/mol. The summed E-state index contributed by atoms with van der Waals surface area (Å²) in [7, 11) is -0.0503. The third-order valence-electron chi connectivity index (χ3n) is 8.56. The van der Waals surface area contributed by atoms with Crippen LogP contribution in [-0.2, 0) is 23.1 Å². The number of likely N-dealkylation sites (tertiary alicyclic amines) is 1. The second-order valence-electron chi connectivity index (χ2n) is 12.7. The first-order valence-electron chi connectivity index (χ1n) is 16.7. The van der Waals surface area contributed by atoms with Crippen molar-refractivity contribution in [2.24, 2.45) is 0 Å². The highest BCUT2D eigenvalue weighted by Gasteiger charge is 2.32. The fourth-order valence-corrected chi connectivity index (χ4v) is 6.52. The predicted octanol–water partition coefficient (Wildman–Crippen LogP) is 9.05. The van der Waals surface area contributed by atoms with Crippen molar-refractivity contribution < 1.29 is 32.5 Å². The molecule has 1 aliphatic carbocycles. The molecule has 40 heavy (non-hydrogen) atoms. The lowest BCUT2D eigenvalue weighted by Gasteiger charge is -2.28. The fourth-order valence-electron chi connectivity index (χ4n) is 5.85. The second-order valence-corrected chi connectivity index (χ2v) is 14.1. The Morgan fingerprint density at radius 3 is 1.98 bits per heavy atom. The molecule has 0 spiro atoms. The number of unbranched alkanes of at least 4 members (excludes halogenated alkanes) is 13. The first kappa shape index (κ1) is 35.8. The van der Waals surface area contributed by atoms with Gasteiger partial charge in [-0.3, -0.25) is 13.9 Å². The van der Waals surface area contributed by atoms with E-state index in [1.807, 2.05) is 0 Å². The largest absolute Gasteiger partial charge is 0.527 e. The van der Waals surface area contributed by atoms with E-state index in [1.54, 1.807) is 0 Å². The molecule has 8 heteroatoms. The van der Waals surface area contributed by atoms with E-state index < -0.39 is 7.82 Å². The highest BCUT2D eigenvalue weighted by molar-refractivity contribution is 7.47. The molecule has 1 saturated carbocycles. The summed E-state index contributed by atoms with van der Waals surface area (Å²) in [4.78, 5) is 10.3. The Balaban J connectivity index is 1.57. The minimum atomic E-state index is -4.21. The van der Waals surface area contributed by atoms with E-state index in [-0.39, 0.29) is 18.8 Å². The van der Waals surface area contributed by atoms with Crippen LogP contribution in [0.15, 0.2) is 12.0 Å². The summed E-state index contributed by atoms with van der Waals surface area (Å²) < 4.78 is 36.1. The maximum atomic E-state index is 12.6. The van der Waals surface area contributed by atoms with Crippen molar-refractivity contribution in [3.05, 3.63) is 12.0 Å². The Morgan fingerprint density at radius 1 is 0.850 bits per heavy atom. The molecule has 2 unspecified atom stereocenters. The third kappa shape index (κ3) is 16.9. The van der Waals surface area contributed by atoms with Crippen molar-refractivity contribution in [3.8, 4) is 0 Å². The number of nitrogens with zero attached hydrogens (tertiary/aromatic N) is 1. The molecule has 0 aromatic rings. The maximum Gasteiger partial charge on any atom is 0.527 e. The van der Waals surface area contributed by atoms with Gasteiger partial charge in [0.05, 0.1) is 40.0 Å². The van der Waals surface area contributed by atoms with Crippen molar-refractivity contribution in [3.63, 3.8) is 0 Å². The van der Waals surface area contributed by atoms with Crippen LogP contribution in [0.25, 0.3) is 0 Å². The zero-order chi connectivity index (χ0) is 28.9. The summed E-state index contributed by atoms with van der Waals surface area (Å²) in [5, 5.41) is 0. The fraction of sp³-hybridized carbons (Fsp3) is 0.938. The Morgan fingerprint density at radius 2 is 1.43 bits per heavy atom.